The Kier molecular flexibility index (Phi) is 4.93. The van der Waals surface area contributed by atoms with Crippen molar-refractivity contribution in [3.05, 3.63) is 18.2 Å². The summed E-state index contributed by atoms with van der Waals surface area (Å²) in [4.78, 5) is 11.9. The molecule has 0 radical (unpaired) electrons. The Hall–Kier alpha value is -1.40. The third kappa shape index (κ3) is 3.78. The second kappa shape index (κ2) is 6.68. The summed E-state index contributed by atoms with van der Waals surface area (Å²) in [6, 6.07) is 4.85. The van der Waals surface area contributed by atoms with Gasteiger partial charge < -0.3 is 20.5 Å². The minimum absolute atomic E-state index is 0.175. The monoisotopic (exact) mass is 282 g/mol. The normalized spacial score (nSPS) is 14.8. The second-order valence-electron chi connectivity index (χ2n) is 4.24. The van der Waals surface area contributed by atoms with Crippen LogP contribution < -0.4 is 20.5 Å². The first-order chi connectivity index (χ1) is 9.20. The molecule has 1 aromatic rings. The first-order valence-electron chi connectivity index (χ1n) is 6.15. The molecule has 19 heavy (non-hydrogen) atoms. The molecule has 1 aliphatic heterocycles. The second-order valence-corrected chi connectivity index (χ2v) is 5.22. The van der Waals surface area contributed by atoms with Crippen LogP contribution >= 0.6 is 11.8 Å². The van der Waals surface area contributed by atoms with Crippen molar-refractivity contribution in [2.45, 2.75) is 12.5 Å². The van der Waals surface area contributed by atoms with Crippen LogP contribution in [0.1, 0.15) is 6.42 Å². The Bertz CT molecular complexity index is 454. The maximum absolute atomic E-state index is 11.9. The number of nitrogens with one attached hydrogen (secondary N) is 1. The minimum atomic E-state index is -0.486. The molecule has 0 bridgehead atoms. The fourth-order valence-electron chi connectivity index (χ4n) is 1.73. The van der Waals surface area contributed by atoms with Gasteiger partial charge in [0.15, 0.2) is 11.5 Å². The van der Waals surface area contributed by atoms with Gasteiger partial charge in [0.05, 0.1) is 6.04 Å². The molecule has 104 valence electrons. The first kappa shape index (κ1) is 14.0. The number of hydrogen-bond acceptors (Lipinski definition) is 5. The molecule has 0 saturated carbocycles. The van der Waals surface area contributed by atoms with Crippen LogP contribution in [0.3, 0.4) is 0 Å². The molecule has 2 rings (SSSR count). The van der Waals surface area contributed by atoms with Gasteiger partial charge in [0.1, 0.15) is 13.2 Å². The number of rotatable bonds is 5. The number of amides is 1. The quantitative estimate of drug-likeness (QED) is 0.855. The number of thioether (sulfide) groups is 1. The smallest absolute Gasteiger partial charge is 0.241 e. The average Bonchev–Trinajstić information content (AvgIpc) is 2.44. The van der Waals surface area contributed by atoms with Gasteiger partial charge >= 0.3 is 0 Å². The highest BCUT2D eigenvalue weighted by molar-refractivity contribution is 7.98. The zero-order chi connectivity index (χ0) is 13.7. The molecule has 0 saturated heterocycles. The Morgan fingerprint density at radius 3 is 2.89 bits per heavy atom. The third-order valence-corrected chi connectivity index (χ3v) is 3.42. The Labute approximate surface area is 116 Å². The standard InChI is InChI=1S/C13H18N2O3S/c1-19-7-4-10(14)13(16)15-9-2-3-11-12(8-9)18-6-5-17-11/h2-3,8,10H,4-7,14H2,1H3,(H,15,16)/t10-/m0/s1. The first-order valence-corrected chi connectivity index (χ1v) is 7.55. The lowest BCUT2D eigenvalue weighted by Gasteiger charge is -2.19. The third-order valence-electron chi connectivity index (χ3n) is 2.78. The van der Waals surface area contributed by atoms with Gasteiger partial charge in [-0.15, -0.1) is 0 Å². The van der Waals surface area contributed by atoms with Crippen molar-refractivity contribution in [1.29, 1.82) is 0 Å². The van der Waals surface area contributed by atoms with Crippen LogP contribution in [-0.2, 0) is 4.79 Å². The summed E-state index contributed by atoms with van der Waals surface area (Å²) in [7, 11) is 0. The van der Waals surface area contributed by atoms with E-state index in [0.29, 0.717) is 36.8 Å². The van der Waals surface area contributed by atoms with Crippen LogP contribution in [0.4, 0.5) is 5.69 Å². The number of nitrogens with two attached hydrogens (primary N) is 1. The largest absolute Gasteiger partial charge is 0.486 e. The number of ether oxygens (including phenoxy) is 2. The molecule has 1 atom stereocenters. The van der Waals surface area contributed by atoms with Crippen molar-refractivity contribution in [2.75, 3.05) is 30.5 Å². The van der Waals surface area contributed by atoms with Crippen LogP contribution in [0.5, 0.6) is 11.5 Å². The lowest BCUT2D eigenvalue weighted by atomic mass is 10.2. The van der Waals surface area contributed by atoms with E-state index in [1.807, 2.05) is 6.26 Å². The summed E-state index contributed by atoms with van der Waals surface area (Å²) < 4.78 is 10.9. The Balaban J connectivity index is 1.97. The molecule has 6 heteroatoms. The van der Waals surface area contributed by atoms with Crippen LogP contribution in [0, 0.1) is 0 Å². The molecular formula is C13H18N2O3S. The van der Waals surface area contributed by atoms with Crippen molar-refractivity contribution in [3.8, 4) is 11.5 Å². The van der Waals surface area contributed by atoms with Gasteiger partial charge in [-0.25, -0.2) is 0 Å². The molecule has 1 aliphatic rings. The van der Waals surface area contributed by atoms with Crippen molar-refractivity contribution < 1.29 is 14.3 Å². The summed E-state index contributed by atoms with van der Waals surface area (Å²) in [5, 5.41) is 2.79. The van der Waals surface area contributed by atoms with Gasteiger partial charge in [-0.1, -0.05) is 0 Å². The van der Waals surface area contributed by atoms with E-state index in [1.54, 1.807) is 30.0 Å². The van der Waals surface area contributed by atoms with Crippen LogP contribution in [0.15, 0.2) is 18.2 Å². The Morgan fingerprint density at radius 2 is 2.16 bits per heavy atom. The molecule has 5 nitrogen and oxygen atoms in total. The fraction of sp³-hybridized carbons (Fsp3) is 0.462. The van der Waals surface area contributed by atoms with Crippen molar-refractivity contribution >= 4 is 23.4 Å². The maximum Gasteiger partial charge on any atom is 0.241 e. The molecule has 0 fully saturated rings. The van der Waals surface area contributed by atoms with E-state index in [9.17, 15) is 4.79 Å². The summed E-state index contributed by atoms with van der Waals surface area (Å²) in [6.45, 7) is 1.08. The molecule has 1 heterocycles. The van der Waals surface area contributed by atoms with Crippen LogP contribution in [-0.4, -0.2) is 37.2 Å². The fourth-order valence-corrected chi connectivity index (χ4v) is 2.22. The maximum atomic E-state index is 11.9. The molecular weight excluding hydrogens is 264 g/mol. The van der Waals surface area contributed by atoms with Crippen molar-refractivity contribution in [3.63, 3.8) is 0 Å². The molecule has 0 aliphatic carbocycles. The van der Waals surface area contributed by atoms with E-state index in [2.05, 4.69) is 5.32 Å². The van der Waals surface area contributed by atoms with E-state index in [1.165, 1.54) is 0 Å². The van der Waals surface area contributed by atoms with Gasteiger partial charge in [-0.3, -0.25) is 4.79 Å². The highest BCUT2D eigenvalue weighted by Crippen LogP contribution is 2.32. The molecule has 1 amide bonds. The highest BCUT2D eigenvalue weighted by Gasteiger charge is 2.16. The number of carbonyl (C=O) groups is 1. The van der Waals surface area contributed by atoms with Crippen LogP contribution in [0.2, 0.25) is 0 Å². The Morgan fingerprint density at radius 1 is 1.42 bits per heavy atom. The lowest BCUT2D eigenvalue weighted by Crippen LogP contribution is -2.36. The van der Waals surface area contributed by atoms with E-state index in [4.69, 9.17) is 15.2 Å². The number of anilines is 1. The van der Waals surface area contributed by atoms with E-state index in [0.717, 1.165) is 5.75 Å². The molecule has 1 aromatic carbocycles. The summed E-state index contributed by atoms with van der Waals surface area (Å²) in [6.07, 6.45) is 2.66. The zero-order valence-corrected chi connectivity index (χ0v) is 11.7. The average molecular weight is 282 g/mol. The van der Waals surface area contributed by atoms with Crippen LogP contribution in [0.25, 0.3) is 0 Å². The molecule has 0 spiro atoms. The predicted molar refractivity (Wildman–Crippen MR) is 77.0 cm³/mol. The SMILES string of the molecule is CSCC[C@H](N)C(=O)Nc1ccc2c(c1)OCCO2. The number of fused-ring (bicyclic) bond motifs is 1. The topological polar surface area (TPSA) is 73.6 Å². The number of benzene rings is 1. The van der Waals surface area contributed by atoms with Gasteiger partial charge in [0, 0.05) is 11.8 Å². The summed E-state index contributed by atoms with van der Waals surface area (Å²) in [5.41, 5.74) is 6.48. The van der Waals surface area contributed by atoms with Crippen molar-refractivity contribution in [2.24, 2.45) is 5.73 Å². The molecule has 0 aromatic heterocycles. The predicted octanol–water partition coefficient (Wildman–Crippen LogP) is 1.48. The highest BCUT2D eigenvalue weighted by atomic mass is 32.2. The molecule has 0 unspecified atom stereocenters. The summed E-state index contributed by atoms with van der Waals surface area (Å²) >= 11 is 1.68. The van der Waals surface area contributed by atoms with E-state index >= 15 is 0 Å². The molecule has 3 N–H and O–H groups in total. The lowest BCUT2D eigenvalue weighted by molar-refractivity contribution is -0.117. The zero-order valence-electron chi connectivity index (χ0n) is 10.8. The van der Waals surface area contributed by atoms with Gasteiger partial charge in [-0.2, -0.15) is 11.8 Å². The van der Waals surface area contributed by atoms with Gasteiger partial charge in [-0.05, 0) is 30.6 Å². The van der Waals surface area contributed by atoms with Gasteiger partial charge in [0.25, 0.3) is 0 Å². The number of hydrogen-bond donors (Lipinski definition) is 2. The van der Waals surface area contributed by atoms with E-state index in [-0.39, 0.29) is 5.91 Å². The van der Waals surface area contributed by atoms with E-state index < -0.39 is 6.04 Å². The minimum Gasteiger partial charge on any atom is -0.486 e. The summed E-state index contributed by atoms with van der Waals surface area (Å²) in [5.74, 6) is 2.05. The van der Waals surface area contributed by atoms with Crippen molar-refractivity contribution in [1.82, 2.24) is 0 Å². The number of carbonyl (C=O) groups excluding carboxylic acids is 1. The van der Waals surface area contributed by atoms with Gasteiger partial charge in [0.2, 0.25) is 5.91 Å².